The molecule has 3 atom stereocenters. The largest absolute Gasteiger partial charge is 0.395 e. The van der Waals surface area contributed by atoms with Crippen molar-refractivity contribution in [3.63, 3.8) is 0 Å². The minimum absolute atomic E-state index is 0.0762. The molecule has 3 saturated carbocycles. The van der Waals surface area contributed by atoms with Crippen LogP contribution in [0, 0.1) is 17.3 Å². The van der Waals surface area contributed by atoms with Gasteiger partial charge >= 0.3 is 0 Å². The summed E-state index contributed by atoms with van der Waals surface area (Å²) in [4.78, 5) is 1.98. The summed E-state index contributed by atoms with van der Waals surface area (Å²) in [6.07, 6.45) is 3.10. The van der Waals surface area contributed by atoms with Crippen molar-refractivity contribution in [1.82, 2.24) is 4.90 Å². The van der Waals surface area contributed by atoms with Crippen molar-refractivity contribution in [2.75, 3.05) is 32.8 Å². The van der Waals surface area contributed by atoms with E-state index in [2.05, 4.69) is 13.8 Å². The van der Waals surface area contributed by atoms with Crippen LogP contribution in [0.3, 0.4) is 0 Å². The van der Waals surface area contributed by atoms with E-state index in [4.69, 9.17) is 10.2 Å². The summed E-state index contributed by atoms with van der Waals surface area (Å²) in [5.74, 6) is 1.13. The van der Waals surface area contributed by atoms with Crippen molar-refractivity contribution < 1.29 is 15.3 Å². The average Bonchev–Trinajstić information content (AvgIpc) is 2.28. The Bertz CT molecular complexity index is 287. The number of fused-ring (bicyclic) bond motifs is 2. The molecule has 3 N–H and O–H groups in total. The number of hydrogen-bond acceptors (Lipinski definition) is 4. The van der Waals surface area contributed by atoms with E-state index in [0.717, 1.165) is 25.2 Å². The van der Waals surface area contributed by atoms with Crippen LogP contribution in [0.4, 0.5) is 0 Å². The molecule has 3 aliphatic rings. The highest BCUT2D eigenvalue weighted by Gasteiger charge is 2.60. The molecule has 4 heteroatoms. The fraction of sp³-hybridized carbons (Fsp3) is 1.00. The summed E-state index contributed by atoms with van der Waals surface area (Å²) < 4.78 is 0. The molecule has 3 rings (SSSR count). The SMILES string of the molecule is CC1(C)[C@H]2CC[C@@](O)(CN(CCO)CCO)[C@H]1C2. The lowest BCUT2D eigenvalue weighted by atomic mass is 9.44. The summed E-state index contributed by atoms with van der Waals surface area (Å²) in [6, 6.07) is 0. The van der Waals surface area contributed by atoms with Gasteiger partial charge in [-0.25, -0.2) is 0 Å². The van der Waals surface area contributed by atoms with E-state index in [9.17, 15) is 5.11 Å². The van der Waals surface area contributed by atoms with Crippen molar-refractivity contribution in [2.24, 2.45) is 17.3 Å². The van der Waals surface area contributed by atoms with Gasteiger partial charge in [-0.1, -0.05) is 13.8 Å². The molecule has 106 valence electrons. The quantitative estimate of drug-likeness (QED) is 0.647. The van der Waals surface area contributed by atoms with Crippen LogP contribution in [-0.4, -0.2) is 58.7 Å². The lowest BCUT2D eigenvalue weighted by Crippen LogP contribution is -2.65. The first-order valence-electron chi connectivity index (χ1n) is 7.10. The minimum atomic E-state index is -0.636. The molecule has 0 unspecified atom stereocenters. The third-order valence-corrected chi connectivity index (χ3v) is 5.37. The number of rotatable bonds is 6. The van der Waals surface area contributed by atoms with E-state index in [0.29, 0.717) is 25.6 Å². The van der Waals surface area contributed by atoms with Gasteiger partial charge in [-0.2, -0.15) is 0 Å². The Kier molecular flexibility index (Phi) is 4.02. The second kappa shape index (κ2) is 5.08. The molecule has 0 radical (unpaired) electrons. The Labute approximate surface area is 110 Å². The lowest BCUT2D eigenvalue weighted by Gasteiger charge is -2.64. The molecule has 18 heavy (non-hydrogen) atoms. The molecule has 3 fully saturated rings. The highest BCUT2D eigenvalue weighted by Crippen LogP contribution is 2.62. The van der Waals surface area contributed by atoms with Gasteiger partial charge in [0.05, 0.1) is 18.8 Å². The van der Waals surface area contributed by atoms with Crippen molar-refractivity contribution in [3.8, 4) is 0 Å². The maximum atomic E-state index is 10.9. The van der Waals surface area contributed by atoms with Crippen LogP contribution < -0.4 is 0 Å². The zero-order valence-corrected chi connectivity index (χ0v) is 11.6. The summed E-state index contributed by atoms with van der Waals surface area (Å²) in [6.45, 7) is 6.31. The molecule has 3 aliphatic carbocycles. The molecule has 2 bridgehead atoms. The van der Waals surface area contributed by atoms with E-state index in [1.54, 1.807) is 0 Å². The zero-order valence-electron chi connectivity index (χ0n) is 11.6. The molecule has 0 spiro atoms. The van der Waals surface area contributed by atoms with Gasteiger partial charge in [-0.3, -0.25) is 4.90 Å². The van der Waals surface area contributed by atoms with E-state index in [1.165, 1.54) is 0 Å². The normalized spacial score (nSPS) is 37.7. The van der Waals surface area contributed by atoms with Crippen molar-refractivity contribution >= 4 is 0 Å². The Balaban J connectivity index is 2.01. The van der Waals surface area contributed by atoms with Crippen LogP contribution >= 0.6 is 0 Å². The van der Waals surface area contributed by atoms with E-state index in [-0.39, 0.29) is 18.6 Å². The summed E-state index contributed by atoms with van der Waals surface area (Å²) in [5.41, 5.74) is -0.389. The van der Waals surface area contributed by atoms with Crippen LogP contribution in [-0.2, 0) is 0 Å². The topological polar surface area (TPSA) is 63.9 Å². The molecule has 0 aromatic heterocycles. The van der Waals surface area contributed by atoms with Gasteiger partial charge in [0.2, 0.25) is 0 Å². The number of hydrogen-bond donors (Lipinski definition) is 3. The van der Waals surface area contributed by atoms with Gasteiger partial charge < -0.3 is 15.3 Å². The van der Waals surface area contributed by atoms with Gasteiger partial charge in [0.15, 0.2) is 0 Å². The third kappa shape index (κ3) is 2.31. The molecule has 0 aromatic carbocycles. The van der Waals surface area contributed by atoms with Crippen LogP contribution in [0.1, 0.15) is 33.1 Å². The fourth-order valence-corrected chi connectivity index (χ4v) is 4.15. The van der Waals surface area contributed by atoms with Crippen molar-refractivity contribution in [3.05, 3.63) is 0 Å². The van der Waals surface area contributed by atoms with Crippen LogP contribution in [0.15, 0.2) is 0 Å². The average molecular weight is 257 g/mol. The lowest BCUT2D eigenvalue weighted by molar-refractivity contribution is -0.209. The summed E-state index contributed by atoms with van der Waals surface area (Å²) in [7, 11) is 0. The van der Waals surface area contributed by atoms with Gasteiger partial charge in [-0.15, -0.1) is 0 Å². The first kappa shape index (κ1) is 14.3. The van der Waals surface area contributed by atoms with Gasteiger partial charge in [-0.05, 0) is 36.5 Å². The van der Waals surface area contributed by atoms with Gasteiger partial charge in [0, 0.05) is 19.6 Å². The zero-order chi connectivity index (χ0) is 13.4. The molecular weight excluding hydrogens is 230 g/mol. The number of aliphatic hydroxyl groups is 3. The second-order valence-electron chi connectivity index (χ2n) is 6.67. The third-order valence-electron chi connectivity index (χ3n) is 5.37. The monoisotopic (exact) mass is 257 g/mol. The van der Waals surface area contributed by atoms with E-state index >= 15 is 0 Å². The fourth-order valence-electron chi connectivity index (χ4n) is 4.15. The molecule has 0 saturated heterocycles. The molecule has 0 aliphatic heterocycles. The van der Waals surface area contributed by atoms with Crippen molar-refractivity contribution in [1.29, 1.82) is 0 Å². The predicted molar refractivity (Wildman–Crippen MR) is 70.2 cm³/mol. The van der Waals surface area contributed by atoms with Gasteiger partial charge in [0.25, 0.3) is 0 Å². The van der Waals surface area contributed by atoms with Crippen LogP contribution in [0.2, 0.25) is 0 Å². The minimum Gasteiger partial charge on any atom is -0.395 e. The molecule has 0 aromatic rings. The molecule has 4 nitrogen and oxygen atoms in total. The maximum Gasteiger partial charge on any atom is 0.0807 e. The first-order chi connectivity index (χ1) is 8.44. The Morgan fingerprint density at radius 2 is 1.78 bits per heavy atom. The second-order valence-corrected chi connectivity index (χ2v) is 6.67. The predicted octanol–water partition coefficient (Wildman–Crippen LogP) is 0.460. The molecular formula is C14H27NO3. The number of nitrogens with zero attached hydrogens (tertiary/aromatic N) is 1. The summed E-state index contributed by atoms with van der Waals surface area (Å²) >= 11 is 0. The van der Waals surface area contributed by atoms with Gasteiger partial charge in [0.1, 0.15) is 0 Å². The van der Waals surface area contributed by atoms with Crippen LogP contribution in [0.5, 0.6) is 0 Å². The van der Waals surface area contributed by atoms with Crippen molar-refractivity contribution in [2.45, 2.75) is 38.7 Å². The molecule has 0 amide bonds. The number of aliphatic hydroxyl groups excluding tert-OH is 2. The Morgan fingerprint density at radius 3 is 2.22 bits per heavy atom. The van der Waals surface area contributed by atoms with E-state index < -0.39 is 5.60 Å². The highest BCUT2D eigenvalue weighted by atomic mass is 16.3. The standard InChI is InChI=1S/C14H27NO3/c1-13(2)11-3-4-14(18,12(13)9-11)10-15(5-7-16)6-8-17/h11-12,16-18H,3-10H2,1-2H3/t11-,12-,14+/m0/s1. The summed E-state index contributed by atoms with van der Waals surface area (Å²) in [5, 5.41) is 29.0. The Morgan fingerprint density at radius 1 is 1.17 bits per heavy atom. The maximum absolute atomic E-state index is 10.9. The Hall–Kier alpha value is -0.160. The highest BCUT2D eigenvalue weighted by molar-refractivity contribution is 5.11. The molecule has 0 heterocycles. The van der Waals surface area contributed by atoms with Crippen LogP contribution in [0.25, 0.3) is 0 Å². The smallest absolute Gasteiger partial charge is 0.0807 e. The first-order valence-corrected chi connectivity index (χ1v) is 7.10. The van der Waals surface area contributed by atoms with E-state index in [1.807, 2.05) is 4.90 Å².